The van der Waals surface area contributed by atoms with Gasteiger partial charge in [0.2, 0.25) is 0 Å². The summed E-state index contributed by atoms with van der Waals surface area (Å²) >= 11 is 0. The Balaban J connectivity index is 1.84. The maximum Gasteiger partial charge on any atom is 0.322 e. The van der Waals surface area contributed by atoms with Crippen LogP contribution in [0, 0.1) is 0 Å². The van der Waals surface area contributed by atoms with Crippen molar-refractivity contribution in [3.05, 3.63) is 30.1 Å². The molecule has 3 rings (SSSR count). The zero-order valence-corrected chi connectivity index (χ0v) is 13.2. The zero-order chi connectivity index (χ0) is 17.1. The number of nitrogens with zero attached hydrogens (tertiary/aromatic N) is 5. The zero-order valence-electron chi connectivity index (χ0n) is 13.2. The van der Waals surface area contributed by atoms with Gasteiger partial charge in [0.05, 0.1) is 17.9 Å². The molecule has 9 heteroatoms. The molecule has 1 fully saturated rings. The predicted octanol–water partition coefficient (Wildman–Crippen LogP) is 2.49. The number of hydrogen-bond acceptors (Lipinski definition) is 4. The number of aryl methyl sites for hydroxylation is 1. The SMILES string of the molecule is CCc1nnnn1-c1ccccc1NC(=O)N(CC(F)F)C1CC1. The smallest absolute Gasteiger partial charge is 0.316 e. The van der Waals surface area contributed by atoms with Gasteiger partial charge in [0, 0.05) is 12.5 Å². The van der Waals surface area contributed by atoms with Crippen LogP contribution in [0.25, 0.3) is 5.69 Å². The van der Waals surface area contributed by atoms with E-state index in [4.69, 9.17) is 0 Å². The highest BCUT2D eigenvalue weighted by molar-refractivity contribution is 5.92. The van der Waals surface area contributed by atoms with Gasteiger partial charge in [-0.3, -0.25) is 0 Å². The maximum atomic E-state index is 12.7. The van der Waals surface area contributed by atoms with Crippen molar-refractivity contribution < 1.29 is 13.6 Å². The minimum absolute atomic E-state index is 0.106. The molecule has 2 amide bonds. The molecule has 1 aliphatic carbocycles. The van der Waals surface area contributed by atoms with Crippen LogP contribution in [0.3, 0.4) is 0 Å². The van der Waals surface area contributed by atoms with Crippen LogP contribution in [0.15, 0.2) is 24.3 Å². The molecular weight excluding hydrogens is 318 g/mol. The van der Waals surface area contributed by atoms with Crippen LogP contribution in [0.2, 0.25) is 0 Å². The van der Waals surface area contributed by atoms with E-state index in [-0.39, 0.29) is 6.04 Å². The number of anilines is 1. The Morgan fingerprint density at radius 1 is 1.42 bits per heavy atom. The Labute approximate surface area is 137 Å². The van der Waals surface area contributed by atoms with Crippen molar-refractivity contribution in [1.29, 1.82) is 0 Å². The van der Waals surface area contributed by atoms with Gasteiger partial charge >= 0.3 is 6.03 Å². The maximum absolute atomic E-state index is 12.7. The monoisotopic (exact) mass is 336 g/mol. The molecule has 1 aliphatic rings. The van der Waals surface area contributed by atoms with Gasteiger partial charge in [0.1, 0.15) is 0 Å². The van der Waals surface area contributed by atoms with Crippen molar-refractivity contribution >= 4 is 11.7 Å². The van der Waals surface area contributed by atoms with Crippen molar-refractivity contribution in [3.8, 4) is 5.69 Å². The molecule has 0 atom stereocenters. The number of hydrogen-bond donors (Lipinski definition) is 1. The second-order valence-corrected chi connectivity index (χ2v) is 5.58. The average molecular weight is 336 g/mol. The first-order valence-electron chi connectivity index (χ1n) is 7.82. The molecule has 7 nitrogen and oxygen atoms in total. The van der Waals surface area contributed by atoms with E-state index in [1.54, 1.807) is 24.3 Å². The van der Waals surface area contributed by atoms with Crippen LogP contribution in [0.5, 0.6) is 0 Å². The molecule has 24 heavy (non-hydrogen) atoms. The number of benzene rings is 1. The average Bonchev–Trinajstić information content (AvgIpc) is 3.29. The van der Waals surface area contributed by atoms with Gasteiger partial charge < -0.3 is 10.2 Å². The summed E-state index contributed by atoms with van der Waals surface area (Å²) < 4.78 is 27.0. The molecule has 0 spiro atoms. The molecule has 0 bridgehead atoms. The van der Waals surface area contributed by atoms with Crippen molar-refractivity contribution in [3.63, 3.8) is 0 Å². The van der Waals surface area contributed by atoms with E-state index in [0.29, 0.717) is 23.6 Å². The lowest BCUT2D eigenvalue weighted by atomic mass is 10.2. The van der Waals surface area contributed by atoms with Gasteiger partial charge in [-0.1, -0.05) is 19.1 Å². The summed E-state index contributed by atoms with van der Waals surface area (Å²) in [5, 5.41) is 14.2. The second kappa shape index (κ2) is 6.90. The van der Waals surface area contributed by atoms with Gasteiger partial charge in [0.25, 0.3) is 6.43 Å². The molecule has 1 heterocycles. The van der Waals surface area contributed by atoms with Crippen molar-refractivity contribution in [1.82, 2.24) is 25.1 Å². The number of carbonyl (C=O) groups is 1. The van der Waals surface area contributed by atoms with Crippen LogP contribution < -0.4 is 5.32 Å². The van der Waals surface area contributed by atoms with E-state index in [1.807, 2.05) is 6.92 Å². The van der Waals surface area contributed by atoms with E-state index in [0.717, 1.165) is 12.8 Å². The third-order valence-electron chi connectivity index (χ3n) is 3.81. The van der Waals surface area contributed by atoms with Gasteiger partial charge in [-0.2, -0.15) is 4.68 Å². The summed E-state index contributed by atoms with van der Waals surface area (Å²) in [6.45, 7) is 1.35. The van der Waals surface area contributed by atoms with Crippen molar-refractivity contribution in [2.24, 2.45) is 0 Å². The Hall–Kier alpha value is -2.58. The van der Waals surface area contributed by atoms with Crippen LogP contribution in [0.4, 0.5) is 19.3 Å². The van der Waals surface area contributed by atoms with Crippen LogP contribution >= 0.6 is 0 Å². The van der Waals surface area contributed by atoms with E-state index >= 15 is 0 Å². The number of amides is 2. The quantitative estimate of drug-likeness (QED) is 0.879. The number of tetrazole rings is 1. The Kier molecular flexibility index (Phi) is 4.68. The van der Waals surface area contributed by atoms with Crippen molar-refractivity contribution in [2.75, 3.05) is 11.9 Å². The fraction of sp³-hybridized carbons (Fsp3) is 0.467. The number of carbonyl (C=O) groups excluding carboxylic acids is 1. The summed E-state index contributed by atoms with van der Waals surface area (Å²) in [7, 11) is 0. The van der Waals surface area contributed by atoms with Crippen LogP contribution in [-0.4, -0.2) is 50.2 Å². The predicted molar refractivity (Wildman–Crippen MR) is 83.3 cm³/mol. The fourth-order valence-electron chi connectivity index (χ4n) is 2.50. The lowest BCUT2D eigenvalue weighted by Crippen LogP contribution is -2.40. The molecule has 0 radical (unpaired) electrons. The summed E-state index contributed by atoms with van der Waals surface area (Å²) in [5.41, 5.74) is 1.07. The molecule has 1 aromatic carbocycles. The third kappa shape index (κ3) is 3.50. The molecule has 1 aromatic heterocycles. The molecule has 2 aromatic rings. The highest BCUT2D eigenvalue weighted by Crippen LogP contribution is 2.29. The minimum atomic E-state index is -2.56. The number of rotatable bonds is 6. The summed E-state index contributed by atoms with van der Waals surface area (Å²) in [6.07, 6.45) is -0.420. The van der Waals surface area contributed by atoms with E-state index in [1.165, 1.54) is 9.58 Å². The molecule has 0 unspecified atom stereocenters. The molecule has 1 N–H and O–H groups in total. The van der Waals surface area contributed by atoms with Gasteiger partial charge in [-0.25, -0.2) is 13.6 Å². The number of halogens is 2. The molecular formula is C15H18F2N6O. The van der Waals surface area contributed by atoms with E-state index < -0.39 is 19.0 Å². The molecule has 128 valence electrons. The van der Waals surface area contributed by atoms with E-state index in [9.17, 15) is 13.6 Å². The summed E-state index contributed by atoms with van der Waals surface area (Å²) in [4.78, 5) is 13.6. The van der Waals surface area contributed by atoms with Crippen LogP contribution in [0.1, 0.15) is 25.6 Å². The van der Waals surface area contributed by atoms with E-state index in [2.05, 4.69) is 20.8 Å². The van der Waals surface area contributed by atoms with Crippen molar-refractivity contribution in [2.45, 2.75) is 38.7 Å². The Bertz CT molecular complexity index is 715. The third-order valence-corrected chi connectivity index (χ3v) is 3.81. The summed E-state index contributed by atoms with van der Waals surface area (Å²) in [6, 6.07) is 6.37. The Morgan fingerprint density at radius 2 is 2.17 bits per heavy atom. The highest BCUT2D eigenvalue weighted by atomic mass is 19.3. The highest BCUT2D eigenvalue weighted by Gasteiger charge is 2.34. The van der Waals surface area contributed by atoms with Gasteiger partial charge in [-0.15, -0.1) is 5.10 Å². The van der Waals surface area contributed by atoms with Gasteiger partial charge in [0.15, 0.2) is 5.82 Å². The summed E-state index contributed by atoms with van der Waals surface area (Å²) in [5.74, 6) is 0.642. The van der Waals surface area contributed by atoms with Gasteiger partial charge in [-0.05, 0) is 35.4 Å². The second-order valence-electron chi connectivity index (χ2n) is 5.58. The fourth-order valence-corrected chi connectivity index (χ4v) is 2.50. The number of urea groups is 1. The largest absolute Gasteiger partial charge is 0.322 e. The number of nitrogens with one attached hydrogen (secondary N) is 1. The standard InChI is InChI=1S/C15H18F2N6O/c1-2-14-19-20-21-23(14)12-6-4-3-5-11(12)18-15(24)22(9-13(16)17)10-7-8-10/h3-6,10,13H,2,7-9H2,1H3,(H,18,24). The molecule has 1 saturated carbocycles. The topological polar surface area (TPSA) is 75.9 Å². The lowest BCUT2D eigenvalue weighted by molar-refractivity contribution is 0.0994. The first-order valence-corrected chi connectivity index (χ1v) is 7.82. The minimum Gasteiger partial charge on any atom is -0.316 e. The Morgan fingerprint density at radius 3 is 2.83 bits per heavy atom. The lowest BCUT2D eigenvalue weighted by Gasteiger charge is -2.23. The normalized spacial score (nSPS) is 14.0. The first-order chi connectivity index (χ1) is 11.6. The number of alkyl halides is 2. The number of aromatic nitrogens is 4. The van der Waals surface area contributed by atoms with Crippen LogP contribution in [-0.2, 0) is 6.42 Å². The molecule has 0 aliphatic heterocycles. The first kappa shape index (κ1) is 16.3. The number of para-hydroxylation sites is 2. The molecule has 0 saturated heterocycles.